The van der Waals surface area contributed by atoms with E-state index < -0.39 is 0 Å². The highest BCUT2D eigenvalue weighted by atomic mass is 16.1. The number of aromatic amines is 1. The zero-order valence-corrected chi connectivity index (χ0v) is 14.7. The number of guanidine groups is 1. The molecule has 1 amide bonds. The number of aliphatic imine (C=N–C) groups is 1. The molecule has 1 aliphatic rings. The summed E-state index contributed by atoms with van der Waals surface area (Å²) in [7, 11) is 0. The highest BCUT2D eigenvalue weighted by Gasteiger charge is 2.25. The third-order valence-corrected chi connectivity index (χ3v) is 4.33. The van der Waals surface area contributed by atoms with Crippen molar-refractivity contribution in [3.05, 3.63) is 42.9 Å². The first-order valence-corrected chi connectivity index (χ1v) is 8.38. The van der Waals surface area contributed by atoms with Crippen LogP contribution in [0.3, 0.4) is 0 Å². The number of amides is 1. The van der Waals surface area contributed by atoms with Crippen molar-refractivity contribution < 1.29 is 4.79 Å². The minimum Gasteiger partial charge on any atom is -0.370 e. The fourth-order valence-corrected chi connectivity index (χ4v) is 3.24. The molecule has 0 aromatic carbocycles. The summed E-state index contributed by atoms with van der Waals surface area (Å²) in [6.07, 6.45) is 7.85. The lowest BCUT2D eigenvalue weighted by atomic mass is 10.1. The Hall–Kier alpha value is -3.29. The molecule has 0 saturated carbocycles. The molecular formula is C18H23N7O. The molecule has 3 heterocycles. The van der Waals surface area contributed by atoms with Gasteiger partial charge in [0.25, 0.3) is 0 Å². The summed E-state index contributed by atoms with van der Waals surface area (Å²) in [4.78, 5) is 25.0. The van der Waals surface area contributed by atoms with Gasteiger partial charge in [-0.05, 0) is 24.1 Å². The lowest BCUT2D eigenvalue weighted by Crippen LogP contribution is -2.35. The molecule has 1 aliphatic heterocycles. The maximum absolute atomic E-state index is 11.3. The van der Waals surface area contributed by atoms with Crippen LogP contribution in [0.5, 0.6) is 0 Å². The van der Waals surface area contributed by atoms with Crippen LogP contribution in [0.25, 0.3) is 16.6 Å². The van der Waals surface area contributed by atoms with Crippen LogP contribution in [-0.2, 0) is 4.79 Å². The molecule has 2 aromatic heterocycles. The molecule has 0 aliphatic carbocycles. The zero-order chi connectivity index (χ0) is 18.7. The van der Waals surface area contributed by atoms with Crippen molar-refractivity contribution in [1.82, 2.24) is 15.3 Å². The quantitative estimate of drug-likeness (QED) is 0.363. The lowest BCUT2D eigenvalue weighted by Gasteiger charge is -2.20. The zero-order valence-electron chi connectivity index (χ0n) is 14.7. The largest absolute Gasteiger partial charge is 0.370 e. The van der Waals surface area contributed by atoms with Gasteiger partial charge in [0.15, 0.2) is 5.96 Å². The topological polar surface area (TPSA) is 125 Å². The number of nitrogens with two attached hydrogens (primary N) is 2. The van der Waals surface area contributed by atoms with Crippen LogP contribution in [0.15, 0.2) is 42.3 Å². The third kappa shape index (κ3) is 3.69. The fourth-order valence-electron chi connectivity index (χ4n) is 3.24. The Balaban J connectivity index is 1.91. The normalized spacial score (nSPS) is 17.0. The number of aromatic nitrogens is 2. The standard InChI is InChI=1S/C18H23N7O/c1-11(3-6-22-18(19)20)14-9-23-17-16(14)15(4-7-21-17)25-8-5-13(10-25)24-12(2)26/h3-4,6-7,9,13H,1,5,8,10H2,2H3,(H,21,23)(H,24,26)(H4,19,20,22)/b6-3-/t13-/m0/s1. The van der Waals surface area contributed by atoms with Gasteiger partial charge in [0.2, 0.25) is 5.91 Å². The van der Waals surface area contributed by atoms with Gasteiger partial charge in [-0.15, -0.1) is 0 Å². The summed E-state index contributed by atoms with van der Waals surface area (Å²) in [5, 5.41) is 3.98. The van der Waals surface area contributed by atoms with Gasteiger partial charge in [-0.2, -0.15) is 0 Å². The van der Waals surface area contributed by atoms with Crippen LogP contribution in [0, 0.1) is 0 Å². The highest BCUT2D eigenvalue weighted by Crippen LogP contribution is 2.34. The number of pyridine rings is 1. The van der Waals surface area contributed by atoms with E-state index in [0.29, 0.717) is 0 Å². The fraction of sp³-hybridized carbons (Fsp3) is 0.278. The number of carbonyl (C=O) groups excluding carboxylic acids is 1. The van der Waals surface area contributed by atoms with Crippen LogP contribution in [0.2, 0.25) is 0 Å². The van der Waals surface area contributed by atoms with Gasteiger partial charge in [0, 0.05) is 61.3 Å². The molecule has 1 fully saturated rings. The number of hydrogen-bond donors (Lipinski definition) is 4. The van der Waals surface area contributed by atoms with Crippen LogP contribution < -0.4 is 21.7 Å². The monoisotopic (exact) mass is 353 g/mol. The minimum absolute atomic E-state index is 0.00250. The first kappa shape index (κ1) is 17.5. The van der Waals surface area contributed by atoms with Crippen molar-refractivity contribution in [2.45, 2.75) is 19.4 Å². The SMILES string of the molecule is C=C(/C=C\N=C(N)N)c1c[nH]c2nccc(N3CC[C@H](NC(C)=O)C3)c12. The predicted octanol–water partition coefficient (Wildman–Crippen LogP) is 1.08. The maximum Gasteiger partial charge on any atom is 0.217 e. The molecule has 6 N–H and O–H groups in total. The van der Waals surface area contributed by atoms with E-state index >= 15 is 0 Å². The molecule has 0 spiro atoms. The summed E-state index contributed by atoms with van der Waals surface area (Å²) >= 11 is 0. The summed E-state index contributed by atoms with van der Waals surface area (Å²) < 4.78 is 0. The summed E-state index contributed by atoms with van der Waals surface area (Å²) in [5.74, 6) is -0.00582. The van der Waals surface area contributed by atoms with Crippen molar-refractivity contribution >= 4 is 34.2 Å². The van der Waals surface area contributed by atoms with Crippen LogP contribution in [0.4, 0.5) is 5.69 Å². The molecule has 8 heteroatoms. The second kappa shape index (κ2) is 7.30. The van der Waals surface area contributed by atoms with Crippen molar-refractivity contribution in [1.29, 1.82) is 0 Å². The van der Waals surface area contributed by atoms with Gasteiger partial charge in [0.05, 0.1) is 0 Å². The molecular weight excluding hydrogens is 330 g/mol. The summed E-state index contributed by atoms with van der Waals surface area (Å²) in [6.45, 7) is 7.28. The Morgan fingerprint density at radius 2 is 2.35 bits per heavy atom. The Labute approximate surface area is 151 Å². The van der Waals surface area contributed by atoms with Gasteiger partial charge < -0.3 is 26.7 Å². The van der Waals surface area contributed by atoms with Crippen LogP contribution in [0.1, 0.15) is 18.9 Å². The van der Waals surface area contributed by atoms with Gasteiger partial charge >= 0.3 is 0 Å². The third-order valence-electron chi connectivity index (χ3n) is 4.33. The van der Waals surface area contributed by atoms with E-state index in [1.54, 1.807) is 19.2 Å². The number of rotatable bonds is 5. The van der Waals surface area contributed by atoms with Gasteiger partial charge in [0.1, 0.15) is 5.65 Å². The summed E-state index contributed by atoms with van der Waals surface area (Å²) in [6, 6.07) is 2.14. The Kier molecular flexibility index (Phi) is 4.92. The van der Waals surface area contributed by atoms with Crippen LogP contribution in [-0.4, -0.2) is 41.0 Å². The van der Waals surface area contributed by atoms with E-state index in [9.17, 15) is 4.79 Å². The van der Waals surface area contributed by atoms with Gasteiger partial charge in [-0.25, -0.2) is 9.98 Å². The average molecular weight is 353 g/mol. The average Bonchev–Trinajstić information content (AvgIpc) is 3.20. The number of nitrogens with zero attached hydrogens (tertiary/aromatic N) is 3. The molecule has 2 aromatic rings. The molecule has 0 bridgehead atoms. The minimum atomic E-state index is -0.00332. The number of anilines is 1. The van der Waals surface area contributed by atoms with E-state index in [-0.39, 0.29) is 17.9 Å². The van der Waals surface area contributed by atoms with E-state index in [4.69, 9.17) is 11.5 Å². The smallest absolute Gasteiger partial charge is 0.217 e. The molecule has 0 radical (unpaired) electrons. The highest BCUT2D eigenvalue weighted by molar-refractivity contribution is 6.01. The second-order valence-corrected chi connectivity index (χ2v) is 6.28. The number of allylic oxidation sites excluding steroid dienone is 2. The molecule has 1 atom stereocenters. The van der Waals surface area contributed by atoms with E-state index in [1.165, 1.54) is 6.20 Å². The molecule has 26 heavy (non-hydrogen) atoms. The number of nitrogens with one attached hydrogen (secondary N) is 2. The first-order valence-electron chi connectivity index (χ1n) is 8.38. The van der Waals surface area contributed by atoms with Gasteiger partial charge in [-0.1, -0.05) is 6.58 Å². The number of fused-ring (bicyclic) bond motifs is 1. The molecule has 3 rings (SSSR count). The van der Waals surface area contributed by atoms with Crippen molar-refractivity contribution in [2.75, 3.05) is 18.0 Å². The number of H-pyrrole nitrogens is 1. The van der Waals surface area contributed by atoms with Gasteiger partial charge in [-0.3, -0.25) is 4.79 Å². The predicted molar refractivity (Wildman–Crippen MR) is 105 cm³/mol. The van der Waals surface area contributed by atoms with Crippen molar-refractivity contribution in [3.8, 4) is 0 Å². The van der Waals surface area contributed by atoms with E-state index in [2.05, 4.69) is 31.8 Å². The van der Waals surface area contributed by atoms with E-state index in [1.807, 2.05) is 12.3 Å². The Bertz CT molecular complexity index is 892. The number of hydrogen-bond acceptors (Lipinski definition) is 4. The molecule has 1 saturated heterocycles. The second-order valence-electron chi connectivity index (χ2n) is 6.28. The molecule has 136 valence electrons. The van der Waals surface area contributed by atoms with E-state index in [0.717, 1.165) is 47.4 Å². The lowest BCUT2D eigenvalue weighted by molar-refractivity contribution is -0.119. The van der Waals surface area contributed by atoms with Crippen LogP contribution >= 0.6 is 0 Å². The Morgan fingerprint density at radius 3 is 3.08 bits per heavy atom. The maximum atomic E-state index is 11.3. The first-order chi connectivity index (χ1) is 12.5. The Morgan fingerprint density at radius 1 is 1.54 bits per heavy atom. The van der Waals surface area contributed by atoms with Crippen molar-refractivity contribution in [2.24, 2.45) is 16.5 Å². The molecule has 0 unspecified atom stereocenters. The van der Waals surface area contributed by atoms with Crippen molar-refractivity contribution in [3.63, 3.8) is 0 Å². The molecule has 8 nitrogen and oxygen atoms in total. The summed E-state index contributed by atoms with van der Waals surface area (Å²) in [5.41, 5.74) is 14.2. The number of carbonyl (C=O) groups is 1.